The maximum atomic E-state index is 12.5. The Morgan fingerprint density at radius 1 is 1.33 bits per heavy atom. The summed E-state index contributed by atoms with van der Waals surface area (Å²) in [5, 5.41) is 6.27. The summed E-state index contributed by atoms with van der Waals surface area (Å²) < 4.78 is 29.7. The van der Waals surface area contributed by atoms with Gasteiger partial charge in [-0.3, -0.25) is 4.79 Å². The number of piperidine rings is 1. The number of amides is 1. The van der Waals surface area contributed by atoms with Crippen molar-refractivity contribution in [2.24, 2.45) is 5.92 Å². The number of carbonyl (C=O) groups is 1. The van der Waals surface area contributed by atoms with Crippen LogP contribution in [0.15, 0.2) is 24.3 Å². The van der Waals surface area contributed by atoms with Gasteiger partial charge in [0.2, 0.25) is 5.91 Å². The molecule has 134 valence electrons. The highest BCUT2D eigenvalue weighted by molar-refractivity contribution is 5.76. The van der Waals surface area contributed by atoms with E-state index in [1.807, 2.05) is 6.92 Å². The van der Waals surface area contributed by atoms with Gasteiger partial charge >= 0.3 is 6.61 Å². The van der Waals surface area contributed by atoms with E-state index in [0.29, 0.717) is 24.3 Å². The minimum atomic E-state index is -2.88. The number of benzene rings is 1. The average Bonchev–Trinajstić information content (AvgIpc) is 2.59. The predicted octanol–water partition coefficient (Wildman–Crippen LogP) is 3.64. The Hall–Kier alpha value is -1.69. The lowest BCUT2D eigenvalue weighted by Gasteiger charge is -2.23. The number of ether oxygens (including phenoxy) is 1. The van der Waals surface area contributed by atoms with Crippen LogP contribution in [0.3, 0.4) is 0 Å². The maximum absolute atomic E-state index is 12.5. The number of rotatable bonds is 8. The van der Waals surface area contributed by atoms with Crippen LogP contribution in [-0.2, 0) is 4.79 Å². The summed E-state index contributed by atoms with van der Waals surface area (Å²) in [6, 6.07) is 6.31. The maximum Gasteiger partial charge on any atom is 0.387 e. The Bertz CT molecular complexity index is 519. The molecule has 1 aromatic rings. The zero-order valence-electron chi connectivity index (χ0n) is 14.1. The van der Waals surface area contributed by atoms with Crippen molar-refractivity contribution in [3.63, 3.8) is 0 Å². The second-order valence-electron chi connectivity index (χ2n) is 6.18. The van der Waals surface area contributed by atoms with E-state index in [1.54, 1.807) is 18.2 Å². The molecule has 1 amide bonds. The highest BCUT2D eigenvalue weighted by Gasteiger charge is 2.20. The summed E-state index contributed by atoms with van der Waals surface area (Å²) in [4.78, 5) is 12.2. The normalized spacial score (nSPS) is 16.8. The van der Waals surface area contributed by atoms with Crippen molar-refractivity contribution < 1.29 is 18.3 Å². The molecular weight excluding hydrogens is 314 g/mol. The summed E-state index contributed by atoms with van der Waals surface area (Å²) in [6.45, 7) is 1.07. The molecule has 1 aliphatic rings. The van der Waals surface area contributed by atoms with Crippen LogP contribution in [-0.4, -0.2) is 25.6 Å². The number of nitrogens with one attached hydrogen (secondary N) is 2. The van der Waals surface area contributed by atoms with Crippen molar-refractivity contribution in [1.82, 2.24) is 10.6 Å². The van der Waals surface area contributed by atoms with Crippen LogP contribution >= 0.6 is 0 Å². The zero-order valence-corrected chi connectivity index (χ0v) is 14.1. The Morgan fingerprint density at radius 3 is 2.71 bits per heavy atom. The molecule has 0 radical (unpaired) electrons. The van der Waals surface area contributed by atoms with Gasteiger partial charge in [0.15, 0.2) is 0 Å². The van der Waals surface area contributed by atoms with Gasteiger partial charge in [-0.2, -0.15) is 8.78 Å². The van der Waals surface area contributed by atoms with E-state index in [9.17, 15) is 13.6 Å². The number of para-hydroxylation sites is 1. The lowest BCUT2D eigenvalue weighted by molar-refractivity contribution is -0.122. The Balaban J connectivity index is 1.92. The quantitative estimate of drug-likeness (QED) is 0.760. The first-order valence-corrected chi connectivity index (χ1v) is 8.64. The second-order valence-corrected chi connectivity index (χ2v) is 6.18. The molecule has 1 fully saturated rings. The number of halogens is 2. The fourth-order valence-corrected chi connectivity index (χ4v) is 3.14. The molecule has 0 aliphatic carbocycles. The lowest BCUT2D eigenvalue weighted by Crippen LogP contribution is -2.31. The van der Waals surface area contributed by atoms with Gasteiger partial charge in [0.25, 0.3) is 0 Å². The number of hydrogen-bond acceptors (Lipinski definition) is 3. The first-order chi connectivity index (χ1) is 11.6. The van der Waals surface area contributed by atoms with Crippen LogP contribution < -0.4 is 15.4 Å². The minimum absolute atomic E-state index is 0.0350. The van der Waals surface area contributed by atoms with E-state index < -0.39 is 6.61 Å². The van der Waals surface area contributed by atoms with Gasteiger partial charge in [0.05, 0.1) is 6.04 Å². The Kier molecular flexibility index (Phi) is 7.43. The SMILES string of the molecule is CCC(NC(=O)CCC1CCNCC1)c1ccccc1OC(F)F. The third-order valence-electron chi connectivity index (χ3n) is 4.49. The molecule has 0 bridgehead atoms. The molecule has 24 heavy (non-hydrogen) atoms. The molecule has 0 saturated carbocycles. The van der Waals surface area contributed by atoms with E-state index in [2.05, 4.69) is 15.4 Å². The summed E-state index contributed by atoms with van der Waals surface area (Å²) in [6.07, 6.45) is 4.17. The summed E-state index contributed by atoms with van der Waals surface area (Å²) >= 11 is 0. The zero-order chi connectivity index (χ0) is 17.4. The molecule has 0 aromatic heterocycles. The molecule has 1 aromatic carbocycles. The molecule has 1 atom stereocenters. The standard InChI is InChI=1S/C18H26F2N2O2/c1-2-15(14-5-3-4-6-16(14)24-18(19)20)22-17(23)8-7-13-9-11-21-12-10-13/h3-6,13,15,18,21H,2,7-12H2,1H3,(H,22,23). The molecule has 1 heterocycles. The van der Waals surface area contributed by atoms with Crippen molar-refractivity contribution >= 4 is 5.91 Å². The van der Waals surface area contributed by atoms with Crippen molar-refractivity contribution in [1.29, 1.82) is 0 Å². The summed E-state index contributed by atoms with van der Waals surface area (Å²) in [5.41, 5.74) is 0.593. The first kappa shape index (κ1) is 18.6. The van der Waals surface area contributed by atoms with Gasteiger partial charge in [-0.25, -0.2) is 0 Å². The van der Waals surface area contributed by atoms with Gasteiger partial charge in [-0.1, -0.05) is 25.1 Å². The van der Waals surface area contributed by atoms with E-state index in [-0.39, 0.29) is 17.7 Å². The van der Waals surface area contributed by atoms with Crippen LogP contribution in [0.2, 0.25) is 0 Å². The van der Waals surface area contributed by atoms with E-state index in [4.69, 9.17) is 0 Å². The molecule has 1 unspecified atom stereocenters. The highest BCUT2D eigenvalue weighted by Crippen LogP contribution is 2.28. The van der Waals surface area contributed by atoms with Crippen LogP contribution in [0.25, 0.3) is 0 Å². The van der Waals surface area contributed by atoms with Gasteiger partial charge in [0, 0.05) is 12.0 Å². The van der Waals surface area contributed by atoms with Crippen LogP contribution in [0.4, 0.5) is 8.78 Å². The van der Waals surface area contributed by atoms with Gasteiger partial charge in [-0.05, 0) is 50.8 Å². The summed E-state index contributed by atoms with van der Waals surface area (Å²) in [7, 11) is 0. The van der Waals surface area contributed by atoms with Gasteiger partial charge in [-0.15, -0.1) is 0 Å². The van der Waals surface area contributed by atoms with Crippen molar-refractivity contribution in [3.8, 4) is 5.75 Å². The predicted molar refractivity (Wildman–Crippen MR) is 89.1 cm³/mol. The fraction of sp³-hybridized carbons (Fsp3) is 0.611. The third kappa shape index (κ3) is 5.74. The molecule has 0 spiro atoms. The van der Waals surface area contributed by atoms with Crippen LogP contribution in [0.5, 0.6) is 5.75 Å². The van der Waals surface area contributed by atoms with E-state index in [0.717, 1.165) is 32.4 Å². The number of alkyl halides is 2. The minimum Gasteiger partial charge on any atom is -0.434 e. The lowest BCUT2D eigenvalue weighted by atomic mass is 9.93. The largest absolute Gasteiger partial charge is 0.434 e. The number of hydrogen-bond donors (Lipinski definition) is 2. The molecule has 2 N–H and O–H groups in total. The topological polar surface area (TPSA) is 50.4 Å². The monoisotopic (exact) mass is 340 g/mol. The van der Waals surface area contributed by atoms with Crippen molar-refractivity contribution in [3.05, 3.63) is 29.8 Å². The second kappa shape index (κ2) is 9.57. The third-order valence-corrected chi connectivity index (χ3v) is 4.49. The molecular formula is C18H26F2N2O2. The average molecular weight is 340 g/mol. The Labute approximate surface area is 142 Å². The molecule has 1 aliphatic heterocycles. The smallest absolute Gasteiger partial charge is 0.387 e. The van der Waals surface area contributed by atoms with E-state index in [1.165, 1.54) is 6.07 Å². The van der Waals surface area contributed by atoms with Crippen LogP contribution in [0, 0.1) is 5.92 Å². The summed E-state index contributed by atoms with van der Waals surface area (Å²) in [5.74, 6) is 0.678. The fourth-order valence-electron chi connectivity index (χ4n) is 3.14. The van der Waals surface area contributed by atoms with Gasteiger partial charge in [0.1, 0.15) is 5.75 Å². The Morgan fingerprint density at radius 2 is 2.04 bits per heavy atom. The molecule has 6 heteroatoms. The highest BCUT2D eigenvalue weighted by atomic mass is 19.3. The van der Waals surface area contributed by atoms with Crippen LogP contribution in [0.1, 0.15) is 50.6 Å². The van der Waals surface area contributed by atoms with Crippen molar-refractivity contribution in [2.75, 3.05) is 13.1 Å². The van der Waals surface area contributed by atoms with E-state index >= 15 is 0 Å². The number of carbonyl (C=O) groups excluding carboxylic acids is 1. The molecule has 2 rings (SSSR count). The molecule has 4 nitrogen and oxygen atoms in total. The molecule has 1 saturated heterocycles. The van der Waals surface area contributed by atoms with Gasteiger partial charge < -0.3 is 15.4 Å². The van der Waals surface area contributed by atoms with Crippen molar-refractivity contribution in [2.45, 2.75) is 51.7 Å². The first-order valence-electron chi connectivity index (χ1n) is 8.64.